The number of carbonyl (C=O) groups is 1. The summed E-state index contributed by atoms with van der Waals surface area (Å²) in [5.41, 5.74) is 1.66. The Labute approximate surface area is 116 Å². The van der Waals surface area contributed by atoms with Crippen LogP contribution < -0.4 is 4.72 Å². The molecular weight excluding hydrogens is 280 g/mol. The number of H-pyrrole nitrogens is 1. The van der Waals surface area contributed by atoms with Crippen molar-refractivity contribution in [3.63, 3.8) is 0 Å². The molecule has 3 N–H and O–H groups in total. The second-order valence-electron chi connectivity index (χ2n) is 4.48. The lowest BCUT2D eigenvalue weighted by atomic mass is 10.1. The highest BCUT2D eigenvalue weighted by molar-refractivity contribution is 7.89. The molecule has 1 unspecified atom stereocenters. The van der Waals surface area contributed by atoms with Gasteiger partial charge in [0, 0.05) is 23.5 Å². The minimum Gasteiger partial charge on any atom is -0.480 e. The molecule has 0 aliphatic carbocycles. The molecule has 0 bridgehead atoms. The minimum atomic E-state index is -3.56. The number of rotatable bonds is 6. The van der Waals surface area contributed by atoms with Crippen LogP contribution in [0, 0.1) is 0 Å². The zero-order valence-corrected chi connectivity index (χ0v) is 11.8. The van der Waals surface area contributed by atoms with E-state index < -0.39 is 22.0 Å². The molecule has 108 valence electrons. The first kappa shape index (κ1) is 14.5. The first-order valence-corrected chi connectivity index (χ1v) is 7.86. The summed E-state index contributed by atoms with van der Waals surface area (Å²) in [7, 11) is -3.56. The topological polar surface area (TPSA) is 99.3 Å². The lowest BCUT2D eigenvalue weighted by Crippen LogP contribution is -2.42. The second kappa shape index (κ2) is 5.64. The summed E-state index contributed by atoms with van der Waals surface area (Å²) in [5.74, 6) is -1.34. The molecule has 1 heterocycles. The number of hydrogen-bond acceptors (Lipinski definition) is 3. The molecule has 0 fully saturated rings. The Hall–Kier alpha value is -1.86. The molecule has 20 heavy (non-hydrogen) atoms. The monoisotopic (exact) mass is 296 g/mol. The summed E-state index contributed by atoms with van der Waals surface area (Å²) in [6, 6.07) is 6.31. The molecule has 6 nitrogen and oxygen atoms in total. The third-order valence-corrected chi connectivity index (χ3v) is 4.50. The summed E-state index contributed by atoms with van der Waals surface area (Å²) in [6.07, 6.45) is 1.80. The summed E-state index contributed by atoms with van der Waals surface area (Å²) in [4.78, 5) is 14.3. The van der Waals surface area contributed by atoms with Crippen LogP contribution in [0.5, 0.6) is 0 Å². The predicted molar refractivity (Wildman–Crippen MR) is 76.0 cm³/mol. The Balaban J connectivity index is 2.27. The SMILES string of the molecule is CCS(=O)(=O)NC(Cc1c[nH]c2ccccc12)C(=O)O. The number of carboxylic acids is 1. The summed E-state index contributed by atoms with van der Waals surface area (Å²) < 4.78 is 25.3. The maximum Gasteiger partial charge on any atom is 0.322 e. The molecule has 2 aromatic rings. The van der Waals surface area contributed by atoms with E-state index in [9.17, 15) is 13.2 Å². The van der Waals surface area contributed by atoms with Crippen LogP contribution in [-0.2, 0) is 21.2 Å². The summed E-state index contributed by atoms with van der Waals surface area (Å²) in [5, 5.41) is 10.1. The molecule has 0 aliphatic heterocycles. The van der Waals surface area contributed by atoms with Gasteiger partial charge in [0.05, 0.1) is 5.75 Å². The second-order valence-corrected chi connectivity index (χ2v) is 6.52. The Bertz CT molecular complexity index is 721. The maximum absolute atomic E-state index is 11.5. The van der Waals surface area contributed by atoms with Gasteiger partial charge in [-0.15, -0.1) is 0 Å². The molecule has 0 amide bonds. The lowest BCUT2D eigenvalue weighted by molar-refractivity contribution is -0.138. The van der Waals surface area contributed by atoms with E-state index in [1.807, 2.05) is 24.3 Å². The van der Waals surface area contributed by atoms with Crippen LogP contribution in [-0.4, -0.2) is 36.3 Å². The van der Waals surface area contributed by atoms with Crippen LogP contribution in [0.4, 0.5) is 0 Å². The Morgan fingerprint density at radius 3 is 2.75 bits per heavy atom. The van der Waals surface area contributed by atoms with Gasteiger partial charge in [0.25, 0.3) is 0 Å². The summed E-state index contributed by atoms with van der Waals surface area (Å²) in [6.45, 7) is 1.47. The number of sulfonamides is 1. The average Bonchev–Trinajstić information content (AvgIpc) is 2.81. The van der Waals surface area contributed by atoms with Crippen molar-refractivity contribution >= 4 is 26.9 Å². The lowest BCUT2D eigenvalue weighted by Gasteiger charge is -2.13. The minimum absolute atomic E-state index is 0.0958. The molecular formula is C13H16N2O4S. The van der Waals surface area contributed by atoms with Crippen molar-refractivity contribution in [1.82, 2.24) is 9.71 Å². The van der Waals surface area contributed by atoms with Crippen LogP contribution >= 0.6 is 0 Å². The number of carboxylic acid groups (broad SMARTS) is 1. The van der Waals surface area contributed by atoms with E-state index in [0.29, 0.717) is 0 Å². The van der Waals surface area contributed by atoms with Crippen molar-refractivity contribution in [3.8, 4) is 0 Å². The number of nitrogens with one attached hydrogen (secondary N) is 2. The van der Waals surface area contributed by atoms with Gasteiger partial charge < -0.3 is 10.1 Å². The van der Waals surface area contributed by atoms with Crippen molar-refractivity contribution in [2.24, 2.45) is 0 Å². The first-order valence-electron chi connectivity index (χ1n) is 6.20. The fourth-order valence-corrected chi connectivity index (χ4v) is 2.78. The zero-order valence-electron chi connectivity index (χ0n) is 11.0. The highest BCUT2D eigenvalue weighted by atomic mass is 32.2. The van der Waals surface area contributed by atoms with Crippen LogP contribution in [0.15, 0.2) is 30.5 Å². The number of para-hydroxylation sites is 1. The van der Waals surface area contributed by atoms with Crippen molar-refractivity contribution in [2.45, 2.75) is 19.4 Å². The van der Waals surface area contributed by atoms with Gasteiger partial charge in [0.15, 0.2) is 0 Å². The van der Waals surface area contributed by atoms with E-state index in [2.05, 4.69) is 9.71 Å². The molecule has 1 aromatic heterocycles. The molecule has 1 atom stereocenters. The standard InChI is InChI=1S/C13H16N2O4S/c1-2-20(18,19)15-12(13(16)17)7-9-8-14-11-6-4-3-5-10(9)11/h3-6,8,12,14-15H,2,7H2,1H3,(H,16,17). The van der Waals surface area contributed by atoms with Gasteiger partial charge in [0.1, 0.15) is 6.04 Å². The van der Waals surface area contributed by atoms with Crippen molar-refractivity contribution in [3.05, 3.63) is 36.0 Å². The molecule has 0 aliphatic rings. The van der Waals surface area contributed by atoms with Gasteiger partial charge >= 0.3 is 5.97 Å². The zero-order chi connectivity index (χ0) is 14.8. The van der Waals surface area contributed by atoms with Crippen molar-refractivity contribution in [1.29, 1.82) is 0 Å². The largest absolute Gasteiger partial charge is 0.480 e. The van der Waals surface area contributed by atoms with E-state index in [1.165, 1.54) is 6.92 Å². The smallest absolute Gasteiger partial charge is 0.322 e. The molecule has 0 saturated heterocycles. The molecule has 7 heteroatoms. The Morgan fingerprint density at radius 2 is 2.10 bits per heavy atom. The summed E-state index contributed by atoms with van der Waals surface area (Å²) >= 11 is 0. The molecule has 2 rings (SSSR count). The number of aromatic nitrogens is 1. The van der Waals surface area contributed by atoms with Crippen LogP contribution in [0.2, 0.25) is 0 Å². The Kier molecular flexibility index (Phi) is 4.10. The van der Waals surface area contributed by atoms with Crippen molar-refractivity contribution in [2.75, 3.05) is 5.75 Å². The van der Waals surface area contributed by atoms with E-state index in [4.69, 9.17) is 5.11 Å². The number of benzene rings is 1. The molecule has 1 aromatic carbocycles. The number of aliphatic carboxylic acids is 1. The van der Waals surface area contributed by atoms with Crippen LogP contribution in [0.3, 0.4) is 0 Å². The third-order valence-electron chi connectivity index (χ3n) is 3.10. The van der Waals surface area contributed by atoms with E-state index in [1.54, 1.807) is 6.20 Å². The van der Waals surface area contributed by atoms with Crippen molar-refractivity contribution < 1.29 is 18.3 Å². The van der Waals surface area contributed by atoms with E-state index in [-0.39, 0.29) is 12.2 Å². The van der Waals surface area contributed by atoms with Gasteiger partial charge in [-0.1, -0.05) is 18.2 Å². The maximum atomic E-state index is 11.5. The normalized spacial score (nSPS) is 13.4. The molecule has 0 saturated carbocycles. The van der Waals surface area contributed by atoms with Gasteiger partial charge in [0.2, 0.25) is 10.0 Å². The first-order chi connectivity index (χ1) is 9.43. The van der Waals surface area contributed by atoms with Gasteiger partial charge in [-0.3, -0.25) is 4.79 Å². The van der Waals surface area contributed by atoms with Crippen LogP contribution in [0.25, 0.3) is 10.9 Å². The number of hydrogen-bond donors (Lipinski definition) is 3. The Morgan fingerprint density at radius 1 is 1.40 bits per heavy atom. The van der Waals surface area contributed by atoms with Gasteiger partial charge in [-0.2, -0.15) is 0 Å². The van der Waals surface area contributed by atoms with Gasteiger partial charge in [-0.05, 0) is 18.6 Å². The van der Waals surface area contributed by atoms with E-state index >= 15 is 0 Å². The average molecular weight is 296 g/mol. The fraction of sp³-hybridized carbons (Fsp3) is 0.308. The van der Waals surface area contributed by atoms with Gasteiger partial charge in [-0.25, -0.2) is 13.1 Å². The van der Waals surface area contributed by atoms with E-state index in [0.717, 1.165) is 16.5 Å². The fourth-order valence-electron chi connectivity index (χ4n) is 2.00. The predicted octanol–water partition coefficient (Wildman–Crippen LogP) is 1.10. The molecule has 0 spiro atoms. The molecule has 0 radical (unpaired) electrons. The van der Waals surface area contributed by atoms with Crippen LogP contribution in [0.1, 0.15) is 12.5 Å². The third kappa shape index (κ3) is 3.17. The highest BCUT2D eigenvalue weighted by Crippen LogP contribution is 2.19. The number of aromatic amines is 1. The highest BCUT2D eigenvalue weighted by Gasteiger charge is 2.24. The number of fused-ring (bicyclic) bond motifs is 1. The quantitative estimate of drug-likeness (QED) is 0.743.